The van der Waals surface area contributed by atoms with Gasteiger partial charge in [0.15, 0.2) is 5.96 Å². The van der Waals surface area contributed by atoms with Crippen LogP contribution in [-0.4, -0.2) is 60.5 Å². The summed E-state index contributed by atoms with van der Waals surface area (Å²) in [5.74, 6) is 2.22. The molecule has 0 aliphatic heterocycles. The zero-order valence-corrected chi connectivity index (χ0v) is 18.0. The summed E-state index contributed by atoms with van der Waals surface area (Å²) in [5, 5.41) is 7.31. The second kappa shape index (κ2) is 10.2. The van der Waals surface area contributed by atoms with Crippen molar-refractivity contribution in [2.45, 2.75) is 39.0 Å². The van der Waals surface area contributed by atoms with E-state index in [-0.39, 0.29) is 28.7 Å². The zero-order chi connectivity index (χ0) is 16.8. The van der Waals surface area contributed by atoms with Gasteiger partial charge in [-0.1, -0.05) is 0 Å². The molecule has 0 amide bonds. The number of hydrogen-bond donors (Lipinski definition) is 1. The van der Waals surface area contributed by atoms with Gasteiger partial charge in [-0.2, -0.15) is 5.10 Å². The summed E-state index contributed by atoms with van der Waals surface area (Å²) in [5.41, 5.74) is 0. The molecule has 1 rings (SSSR count). The van der Waals surface area contributed by atoms with Crippen molar-refractivity contribution in [3.8, 4) is 0 Å². The van der Waals surface area contributed by atoms with Gasteiger partial charge in [0.2, 0.25) is 0 Å². The molecule has 0 spiro atoms. The van der Waals surface area contributed by atoms with Gasteiger partial charge in [-0.3, -0.25) is 13.9 Å². The maximum Gasteiger partial charge on any atom is 0.194 e. The van der Waals surface area contributed by atoms with Gasteiger partial charge < -0.3 is 10.2 Å². The van der Waals surface area contributed by atoms with Crippen LogP contribution >= 0.6 is 24.0 Å². The Hall–Kier alpha value is -0.710. The van der Waals surface area contributed by atoms with Gasteiger partial charge in [-0.05, 0) is 27.7 Å². The van der Waals surface area contributed by atoms with E-state index >= 15 is 0 Å². The number of aliphatic imine (C=N–C) groups is 1. The van der Waals surface area contributed by atoms with Gasteiger partial charge >= 0.3 is 0 Å². The van der Waals surface area contributed by atoms with Crippen molar-refractivity contribution < 1.29 is 4.21 Å². The number of aromatic nitrogens is 3. The molecule has 0 fully saturated rings. The van der Waals surface area contributed by atoms with Gasteiger partial charge in [0.1, 0.15) is 12.2 Å². The van der Waals surface area contributed by atoms with Crippen LogP contribution < -0.4 is 5.32 Å². The Bertz CT molecular complexity index is 526. The molecule has 0 aromatic carbocycles. The van der Waals surface area contributed by atoms with Crippen LogP contribution in [0, 0.1) is 0 Å². The molecule has 0 aliphatic carbocycles. The average Bonchev–Trinajstić information content (AvgIpc) is 2.82. The molecular formula is C14H29IN6OS. The molecule has 1 atom stereocenters. The lowest BCUT2D eigenvalue weighted by molar-refractivity contribution is 0.449. The van der Waals surface area contributed by atoms with Crippen LogP contribution in [0.25, 0.3) is 0 Å². The third-order valence-electron chi connectivity index (χ3n) is 3.10. The molecule has 0 saturated heterocycles. The first-order chi connectivity index (χ1) is 10.3. The molecule has 1 heterocycles. The van der Waals surface area contributed by atoms with Crippen molar-refractivity contribution in [1.29, 1.82) is 0 Å². The van der Waals surface area contributed by atoms with Crippen molar-refractivity contribution in [3.05, 3.63) is 12.2 Å². The molecule has 1 N–H and O–H groups in total. The van der Waals surface area contributed by atoms with Gasteiger partial charge in [-0.25, -0.2) is 4.98 Å². The van der Waals surface area contributed by atoms with Crippen molar-refractivity contribution in [2.24, 2.45) is 12.0 Å². The molecule has 1 aromatic rings. The van der Waals surface area contributed by atoms with E-state index in [1.165, 1.54) is 0 Å². The molecule has 134 valence electrons. The Kier molecular flexibility index (Phi) is 9.90. The van der Waals surface area contributed by atoms with Gasteiger partial charge in [-0.15, -0.1) is 24.0 Å². The SMILES string of the molecule is CCNC(=NCCS(=O)C(C)(C)C)N(C)Cc1ncnn1C.I. The quantitative estimate of drug-likeness (QED) is 0.398. The minimum absolute atomic E-state index is 0. The first-order valence-corrected chi connectivity index (χ1v) is 8.78. The number of nitrogens with one attached hydrogen (secondary N) is 1. The summed E-state index contributed by atoms with van der Waals surface area (Å²) >= 11 is 0. The van der Waals surface area contributed by atoms with E-state index in [9.17, 15) is 4.21 Å². The second-order valence-electron chi connectivity index (χ2n) is 6.05. The first kappa shape index (κ1) is 22.3. The highest BCUT2D eigenvalue weighted by Crippen LogP contribution is 2.11. The summed E-state index contributed by atoms with van der Waals surface area (Å²) in [4.78, 5) is 10.8. The van der Waals surface area contributed by atoms with Crippen molar-refractivity contribution in [1.82, 2.24) is 25.0 Å². The monoisotopic (exact) mass is 456 g/mol. The smallest absolute Gasteiger partial charge is 0.194 e. The molecule has 1 unspecified atom stereocenters. The van der Waals surface area contributed by atoms with Crippen LogP contribution in [0.4, 0.5) is 0 Å². The number of guanidine groups is 1. The van der Waals surface area contributed by atoms with E-state index < -0.39 is 10.8 Å². The van der Waals surface area contributed by atoms with Crippen LogP contribution in [0.2, 0.25) is 0 Å². The molecule has 9 heteroatoms. The van der Waals surface area contributed by atoms with E-state index in [2.05, 4.69) is 20.4 Å². The summed E-state index contributed by atoms with van der Waals surface area (Å²) in [7, 11) is 2.94. The third-order valence-corrected chi connectivity index (χ3v) is 5.02. The highest BCUT2D eigenvalue weighted by molar-refractivity contribution is 14.0. The van der Waals surface area contributed by atoms with E-state index in [4.69, 9.17) is 0 Å². The highest BCUT2D eigenvalue weighted by Gasteiger charge is 2.18. The molecule has 0 radical (unpaired) electrons. The van der Waals surface area contributed by atoms with Gasteiger partial charge in [0.25, 0.3) is 0 Å². The molecule has 0 aliphatic rings. The highest BCUT2D eigenvalue weighted by atomic mass is 127. The average molecular weight is 456 g/mol. The Labute approximate surface area is 158 Å². The number of rotatable bonds is 6. The van der Waals surface area contributed by atoms with Gasteiger partial charge in [0.05, 0.1) is 13.1 Å². The molecule has 0 saturated carbocycles. The Morgan fingerprint density at radius 2 is 2.13 bits per heavy atom. The fourth-order valence-electron chi connectivity index (χ4n) is 1.76. The summed E-state index contributed by atoms with van der Waals surface area (Å²) in [6.45, 7) is 9.91. The minimum atomic E-state index is -0.886. The van der Waals surface area contributed by atoms with Gasteiger partial charge in [0, 0.05) is 41.9 Å². The molecule has 0 bridgehead atoms. The van der Waals surface area contributed by atoms with E-state index in [1.807, 2.05) is 46.7 Å². The number of aryl methyl sites for hydroxylation is 1. The normalized spacial score (nSPS) is 13.4. The minimum Gasteiger partial charge on any atom is -0.357 e. The van der Waals surface area contributed by atoms with Crippen LogP contribution in [0.1, 0.15) is 33.5 Å². The second-order valence-corrected chi connectivity index (χ2v) is 8.38. The Morgan fingerprint density at radius 3 is 2.61 bits per heavy atom. The van der Waals surface area contributed by atoms with Crippen LogP contribution in [0.15, 0.2) is 11.3 Å². The lowest BCUT2D eigenvalue weighted by Crippen LogP contribution is -2.39. The van der Waals surface area contributed by atoms with Crippen molar-refractivity contribution >= 4 is 40.7 Å². The molecule has 1 aromatic heterocycles. The number of hydrogen-bond acceptors (Lipinski definition) is 4. The third kappa shape index (κ3) is 7.60. The van der Waals surface area contributed by atoms with Crippen LogP contribution in [0.5, 0.6) is 0 Å². The topological polar surface area (TPSA) is 75.4 Å². The predicted octanol–water partition coefficient (Wildman–Crippen LogP) is 1.38. The van der Waals surface area contributed by atoms with Crippen LogP contribution in [0.3, 0.4) is 0 Å². The Morgan fingerprint density at radius 1 is 1.48 bits per heavy atom. The molecule has 23 heavy (non-hydrogen) atoms. The van der Waals surface area contributed by atoms with Crippen molar-refractivity contribution in [3.63, 3.8) is 0 Å². The standard InChI is InChI=1S/C14H28N6OS.HI/c1-7-15-13(16-8-9-22(21)14(2,3)4)19(5)10-12-17-11-18-20(12)6;/h11H,7-10H2,1-6H3,(H,15,16);1H. The number of nitrogens with zero attached hydrogens (tertiary/aromatic N) is 5. The maximum absolute atomic E-state index is 12.1. The maximum atomic E-state index is 12.1. The summed E-state index contributed by atoms with van der Waals surface area (Å²) < 4.78 is 13.6. The molecular weight excluding hydrogens is 427 g/mol. The van der Waals surface area contributed by atoms with Crippen LogP contribution in [-0.2, 0) is 24.4 Å². The van der Waals surface area contributed by atoms with Crippen molar-refractivity contribution in [2.75, 3.05) is 25.9 Å². The van der Waals surface area contributed by atoms with E-state index in [0.29, 0.717) is 18.8 Å². The molecule has 7 nitrogen and oxygen atoms in total. The predicted molar refractivity (Wildman–Crippen MR) is 107 cm³/mol. The zero-order valence-electron chi connectivity index (χ0n) is 14.9. The Balaban J connectivity index is 0.00000484. The lowest BCUT2D eigenvalue weighted by atomic mass is 10.3. The number of halogens is 1. The summed E-state index contributed by atoms with van der Waals surface area (Å²) in [6, 6.07) is 0. The van der Waals surface area contributed by atoms with E-state index in [0.717, 1.165) is 18.3 Å². The fraction of sp³-hybridized carbons (Fsp3) is 0.786. The fourth-order valence-corrected chi connectivity index (χ4v) is 2.63. The largest absolute Gasteiger partial charge is 0.357 e. The first-order valence-electron chi connectivity index (χ1n) is 7.46. The lowest BCUT2D eigenvalue weighted by Gasteiger charge is -2.22. The van der Waals surface area contributed by atoms with E-state index in [1.54, 1.807) is 11.0 Å². The summed E-state index contributed by atoms with van der Waals surface area (Å²) in [6.07, 6.45) is 1.54.